The number of nitrogens with two attached hydrogens (primary N) is 1. The summed E-state index contributed by atoms with van der Waals surface area (Å²) in [6.45, 7) is 0. The third kappa shape index (κ3) is 1.52. The largest absolute Gasteiger partial charge is 0.481 e. The normalized spacial score (nSPS) is 23.6. The molecule has 2 atom stereocenters. The maximum Gasteiger partial charge on any atom is 0.306 e. The molecule has 4 N–H and O–H groups in total. The minimum atomic E-state index is -0.759. The van der Waals surface area contributed by atoms with Gasteiger partial charge >= 0.3 is 5.97 Å². The molecule has 17 heavy (non-hydrogen) atoms. The smallest absolute Gasteiger partial charge is 0.306 e. The number of hydrogen-bond donors (Lipinski definition) is 3. The molecule has 1 aromatic carbocycles. The number of aromatic amines is 1. The van der Waals surface area contributed by atoms with Gasteiger partial charge in [0.25, 0.3) is 0 Å². The third-order valence-corrected chi connectivity index (χ3v) is 3.54. The molecule has 1 aliphatic carbocycles. The molecule has 4 heteroatoms. The maximum atomic E-state index is 11.1. The number of rotatable bonds is 1. The molecule has 1 aliphatic rings. The molecule has 3 rings (SSSR count). The number of para-hydroxylation sites is 1. The van der Waals surface area contributed by atoms with Gasteiger partial charge in [-0.2, -0.15) is 0 Å². The van der Waals surface area contributed by atoms with Gasteiger partial charge in [-0.3, -0.25) is 4.79 Å². The zero-order chi connectivity index (χ0) is 12.0. The summed E-state index contributed by atoms with van der Waals surface area (Å²) in [5.74, 6) is -1.13. The van der Waals surface area contributed by atoms with Gasteiger partial charge in [-0.1, -0.05) is 18.2 Å². The molecule has 0 aliphatic heterocycles. The van der Waals surface area contributed by atoms with Crippen LogP contribution in [-0.4, -0.2) is 16.1 Å². The Balaban J connectivity index is 2.15. The van der Waals surface area contributed by atoms with Crippen LogP contribution >= 0.6 is 0 Å². The number of hydrogen-bond acceptors (Lipinski definition) is 2. The fourth-order valence-electron chi connectivity index (χ4n) is 2.75. The second-order valence-electron chi connectivity index (χ2n) is 4.64. The summed E-state index contributed by atoms with van der Waals surface area (Å²) in [5.41, 5.74) is 9.22. The van der Waals surface area contributed by atoms with E-state index >= 15 is 0 Å². The predicted molar refractivity (Wildman–Crippen MR) is 64.7 cm³/mol. The average molecular weight is 230 g/mol. The van der Waals surface area contributed by atoms with Crippen LogP contribution in [0, 0.1) is 5.92 Å². The monoisotopic (exact) mass is 230 g/mol. The van der Waals surface area contributed by atoms with Gasteiger partial charge in [0.15, 0.2) is 0 Å². The lowest BCUT2D eigenvalue weighted by Gasteiger charge is -2.24. The fourth-order valence-corrected chi connectivity index (χ4v) is 2.75. The Morgan fingerprint density at radius 1 is 1.41 bits per heavy atom. The Hall–Kier alpha value is -1.81. The number of carbonyl (C=O) groups is 1. The Bertz CT molecular complexity index is 588. The van der Waals surface area contributed by atoms with Gasteiger partial charge in [-0.25, -0.2) is 0 Å². The first-order valence-corrected chi connectivity index (χ1v) is 5.74. The van der Waals surface area contributed by atoms with Gasteiger partial charge in [0, 0.05) is 29.1 Å². The first kappa shape index (κ1) is 10.4. The zero-order valence-electron chi connectivity index (χ0n) is 9.31. The van der Waals surface area contributed by atoms with Crippen LogP contribution in [0.5, 0.6) is 0 Å². The summed E-state index contributed by atoms with van der Waals surface area (Å²) >= 11 is 0. The minimum Gasteiger partial charge on any atom is -0.481 e. The van der Waals surface area contributed by atoms with Crippen LogP contribution in [0.2, 0.25) is 0 Å². The van der Waals surface area contributed by atoms with Gasteiger partial charge in [0.05, 0.1) is 5.92 Å². The molecule has 4 nitrogen and oxygen atoms in total. The van der Waals surface area contributed by atoms with E-state index in [2.05, 4.69) is 4.98 Å². The molecule has 1 aromatic heterocycles. The van der Waals surface area contributed by atoms with Gasteiger partial charge < -0.3 is 15.8 Å². The topological polar surface area (TPSA) is 79.1 Å². The SMILES string of the molecule is NC1CC(C(=O)O)Cc2[nH]c3ccccc3c21. The number of benzene rings is 1. The van der Waals surface area contributed by atoms with E-state index in [1.54, 1.807) is 0 Å². The molecular formula is C13H14N2O2. The van der Waals surface area contributed by atoms with E-state index in [0.717, 1.165) is 22.2 Å². The molecule has 0 saturated heterocycles. The third-order valence-electron chi connectivity index (χ3n) is 3.54. The number of aliphatic carboxylic acids is 1. The Morgan fingerprint density at radius 3 is 2.94 bits per heavy atom. The second kappa shape index (κ2) is 3.60. The molecule has 0 bridgehead atoms. The van der Waals surface area contributed by atoms with Crippen molar-refractivity contribution in [2.24, 2.45) is 11.7 Å². The Labute approximate surface area is 98.4 Å². The number of nitrogens with one attached hydrogen (secondary N) is 1. The molecular weight excluding hydrogens is 216 g/mol. The lowest BCUT2D eigenvalue weighted by Crippen LogP contribution is -2.28. The van der Waals surface area contributed by atoms with Crippen molar-refractivity contribution in [3.63, 3.8) is 0 Å². The van der Waals surface area contributed by atoms with E-state index in [9.17, 15) is 4.79 Å². The number of aromatic nitrogens is 1. The molecule has 88 valence electrons. The number of H-pyrrole nitrogens is 1. The summed E-state index contributed by atoms with van der Waals surface area (Å²) in [7, 11) is 0. The van der Waals surface area contributed by atoms with Crippen molar-refractivity contribution in [1.82, 2.24) is 4.98 Å². The van der Waals surface area contributed by atoms with Crippen LogP contribution in [0.1, 0.15) is 23.7 Å². The van der Waals surface area contributed by atoms with Crippen molar-refractivity contribution in [3.8, 4) is 0 Å². The highest BCUT2D eigenvalue weighted by molar-refractivity contribution is 5.86. The number of carboxylic acid groups (broad SMARTS) is 1. The molecule has 2 unspecified atom stereocenters. The molecule has 0 amide bonds. The quantitative estimate of drug-likeness (QED) is 0.699. The van der Waals surface area contributed by atoms with Crippen molar-refractivity contribution in [3.05, 3.63) is 35.5 Å². The molecule has 1 heterocycles. The minimum absolute atomic E-state index is 0.184. The molecule has 2 aromatic rings. The molecule has 0 spiro atoms. The summed E-state index contributed by atoms with van der Waals surface area (Å²) < 4.78 is 0. The highest BCUT2D eigenvalue weighted by atomic mass is 16.4. The van der Waals surface area contributed by atoms with E-state index < -0.39 is 5.97 Å². The number of fused-ring (bicyclic) bond motifs is 3. The summed E-state index contributed by atoms with van der Waals surface area (Å²) in [6, 6.07) is 7.79. The maximum absolute atomic E-state index is 11.1. The van der Waals surface area contributed by atoms with Crippen LogP contribution in [0.25, 0.3) is 10.9 Å². The summed E-state index contributed by atoms with van der Waals surface area (Å²) in [6.07, 6.45) is 1.07. The first-order chi connectivity index (χ1) is 8.16. The lowest BCUT2D eigenvalue weighted by molar-refractivity contribution is -0.142. The zero-order valence-corrected chi connectivity index (χ0v) is 9.31. The summed E-state index contributed by atoms with van der Waals surface area (Å²) in [4.78, 5) is 14.3. The highest BCUT2D eigenvalue weighted by Crippen LogP contribution is 2.36. The van der Waals surface area contributed by atoms with Crippen molar-refractivity contribution < 1.29 is 9.90 Å². The standard InChI is InChI=1S/C13H14N2O2/c14-9-5-7(13(16)17)6-11-12(9)8-3-1-2-4-10(8)15-11/h1-4,7,9,15H,5-6,14H2,(H,16,17). The summed E-state index contributed by atoms with van der Waals surface area (Å²) in [5, 5.41) is 10.2. The van der Waals surface area contributed by atoms with E-state index in [4.69, 9.17) is 10.8 Å². The predicted octanol–water partition coefficient (Wildman–Crippen LogP) is 1.81. The lowest BCUT2D eigenvalue weighted by atomic mass is 9.84. The van der Waals surface area contributed by atoms with Crippen molar-refractivity contribution >= 4 is 16.9 Å². The van der Waals surface area contributed by atoms with Crippen LogP contribution in [0.15, 0.2) is 24.3 Å². The molecule has 0 fully saturated rings. The van der Waals surface area contributed by atoms with Crippen LogP contribution in [-0.2, 0) is 11.2 Å². The Morgan fingerprint density at radius 2 is 2.18 bits per heavy atom. The molecule has 0 saturated carbocycles. The highest BCUT2D eigenvalue weighted by Gasteiger charge is 2.31. The van der Waals surface area contributed by atoms with Gasteiger partial charge in [-0.15, -0.1) is 0 Å². The van der Waals surface area contributed by atoms with Crippen LogP contribution < -0.4 is 5.73 Å². The first-order valence-electron chi connectivity index (χ1n) is 5.74. The van der Waals surface area contributed by atoms with E-state index in [-0.39, 0.29) is 12.0 Å². The van der Waals surface area contributed by atoms with Crippen LogP contribution in [0.4, 0.5) is 0 Å². The van der Waals surface area contributed by atoms with Crippen LogP contribution in [0.3, 0.4) is 0 Å². The van der Waals surface area contributed by atoms with Crippen molar-refractivity contribution in [2.75, 3.05) is 0 Å². The van der Waals surface area contributed by atoms with E-state index in [1.165, 1.54) is 0 Å². The van der Waals surface area contributed by atoms with Crippen molar-refractivity contribution in [2.45, 2.75) is 18.9 Å². The fraction of sp³-hybridized carbons (Fsp3) is 0.308. The second-order valence-corrected chi connectivity index (χ2v) is 4.64. The van der Waals surface area contributed by atoms with E-state index in [1.807, 2.05) is 24.3 Å². The average Bonchev–Trinajstić information content (AvgIpc) is 2.67. The van der Waals surface area contributed by atoms with Gasteiger partial charge in [-0.05, 0) is 18.1 Å². The van der Waals surface area contributed by atoms with Crippen molar-refractivity contribution in [1.29, 1.82) is 0 Å². The Kier molecular flexibility index (Phi) is 2.19. The molecule has 0 radical (unpaired) electrons. The van der Waals surface area contributed by atoms with Gasteiger partial charge in [0.2, 0.25) is 0 Å². The van der Waals surface area contributed by atoms with Gasteiger partial charge in [0.1, 0.15) is 0 Å². The number of carboxylic acids is 1. The van der Waals surface area contributed by atoms with E-state index in [0.29, 0.717) is 12.8 Å².